The number of hydrogen-bond donors (Lipinski definition) is 0. The van der Waals surface area contributed by atoms with Crippen molar-refractivity contribution in [3.8, 4) is 0 Å². The molecule has 0 rings (SSSR count). The third kappa shape index (κ3) is 31.6. The second-order valence-electron chi connectivity index (χ2n) is 1.18. The molecule has 0 amide bonds. The summed E-state index contributed by atoms with van der Waals surface area (Å²) in [5.74, 6) is 0. The average Bonchev–Trinajstić information content (AvgIpc) is 1.86. The Labute approximate surface area is 114 Å². The molecule has 13 heavy (non-hydrogen) atoms. The van der Waals surface area contributed by atoms with Crippen LogP contribution in [0.15, 0.2) is 0 Å². The molecule has 8 nitrogen and oxygen atoms in total. The minimum absolute atomic E-state index is 0. The van der Waals surface area contributed by atoms with E-state index < -0.39 is 45.0 Å². The molecule has 0 aliphatic heterocycles. The van der Waals surface area contributed by atoms with Crippen LogP contribution in [0.2, 0.25) is 0 Å². The Kier molecular flexibility index (Phi) is 14.0. The minimum atomic E-state index is -4.38. The summed E-state index contributed by atoms with van der Waals surface area (Å²) >= 11 is -4.35. The van der Waals surface area contributed by atoms with E-state index in [0.717, 1.165) is 0 Å². The molecule has 0 atom stereocenters. The van der Waals surface area contributed by atoms with Gasteiger partial charge >= 0.3 is 116 Å². The van der Waals surface area contributed by atoms with Crippen molar-refractivity contribution in [2.75, 3.05) is 0 Å². The van der Waals surface area contributed by atoms with Gasteiger partial charge in [-0.15, -0.1) is 0 Å². The van der Waals surface area contributed by atoms with Gasteiger partial charge in [-0.05, 0) is 0 Å². The van der Waals surface area contributed by atoms with Crippen LogP contribution >= 0.6 is 0 Å². The summed E-state index contributed by atoms with van der Waals surface area (Å²) in [6.45, 7) is 0. The van der Waals surface area contributed by atoms with Crippen LogP contribution in [0.3, 0.4) is 0 Å². The van der Waals surface area contributed by atoms with Gasteiger partial charge in [0.05, 0.1) is 0 Å². The topological polar surface area (TPSA) is 149 Å². The molecule has 0 N–H and O–H groups in total. The standard InChI is InChI=1S/2Al.Ca.2O3S.2O/c;;;2*1-4(2)3;;/q;;+2;2*-1;;. The molecule has 0 aromatic heterocycles. The normalized spacial score (nSPS) is 9.38. The second kappa shape index (κ2) is 9.01. The fourth-order valence-corrected chi connectivity index (χ4v) is 0. The van der Waals surface area contributed by atoms with E-state index in [9.17, 15) is 0 Å². The van der Waals surface area contributed by atoms with Crippen LogP contribution in [0.1, 0.15) is 0 Å². The van der Waals surface area contributed by atoms with Crippen molar-refractivity contribution in [2.45, 2.75) is 0 Å². The van der Waals surface area contributed by atoms with E-state index in [-0.39, 0.29) is 37.7 Å². The molecule has 0 aromatic rings. The van der Waals surface area contributed by atoms with Crippen molar-refractivity contribution in [3.63, 3.8) is 0 Å². The van der Waals surface area contributed by atoms with E-state index in [1.54, 1.807) is 0 Å². The zero-order chi connectivity index (χ0) is 10.4. The number of hydrogen-bond acceptors (Lipinski definition) is 8. The van der Waals surface area contributed by atoms with Crippen molar-refractivity contribution in [2.24, 2.45) is 0 Å². The third-order valence-electron chi connectivity index (χ3n) is 0.236. The van der Waals surface area contributed by atoms with Crippen LogP contribution in [0.5, 0.6) is 0 Å². The van der Waals surface area contributed by atoms with Gasteiger partial charge in [-0.2, -0.15) is 0 Å². The van der Waals surface area contributed by atoms with Gasteiger partial charge in [-0.1, -0.05) is 0 Å². The second-order valence-corrected chi connectivity index (χ2v) is 8.15. The SMILES string of the molecule is [Ca+2].[O]=[Al][S](=O)(=O)[O-].[O]=[Al][S](=O)(=O)[O-]. The molecule has 0 aliphatic rings. The summed E-state index contributed by atoms with van der Waals surface area (Å²) in [7, 11) is -8.77. The Morgan fingerprint density at radius 1 is 0.769 bits per heavy atom. The summed E-state index contributed by atoms with van der Waals surface area (Å²) in [4.78, 5) is 0. The van der Waals surface area contributed by atoms with Gasteiger partial charge in [0.25, 0.3) is 0 Å². The Hall–Kier alpha value is 1.74. The fourth-order valence-electron chi connectivity index (χ4n) is 0. The van der Waals surface area contributed by atoms with Gasteiger partial charge in [0.1, 0.15) is 0 Å². The first kappa shape index (κ1) is 20.2. The maximum atomic E-state index is 9.17. The summed E-state index contributed by atoms with van der Waals surface area (Å²) in [6.07, 6.45) is 0. The molecule has 0 aromatic carbocycles. The quantitative estimate of drug-likeness (QED) is 0.377. The molecule has 0 heterocycles. The molecule has 0 aliphatic carbocycles. The Morgan fingerprint density at radius 3 is 0.846 bits per heavy atom. The van der Waals surface area contributed by atoms with Crippen molar-refractivity contribution < 1.29 is 33.5 Å². The predicted molar refractivity (Wildman–Crippen MR) is 38.0 cm³/mol. The molecule has 0 fully saturated rings. The van der Waals surface area contributed by atoms with Crippen LogP contribution in [0.25, 0.3) is 0 Å². The average molecular weight is 286 g/mol. The summed E-state index contributed by atoms with van der Waals surface area (Å²) < 4.78 is 73.3. The van der Waals surface area contributed by atoms with E-state index in [1.807, 2.05) is 0 Å². The molecule has 0 saturated heterocycles. The molecule has 13 heteroatoms. The summed E-state index contributed by atoms with van der Waals surface area (Å²) in [5.41, 5.74) is 0. The van der Waals surface area contributed by atoms with Crippen molar-refractivity contribution in [1.82, 2.24) is 0 Å². The summed E-state index contributed by atoms with van der Waals surface area (Å²) in [5, 5.41) is 0. The van der Waals surface area contributed by atoms with E-state index in [2.05, 4.69) is 0 Å². The van der Waals surface area contributed by atoms with Crippen LogP contribution in [0, 0.1) is 0 Å². The van der Waals surface area contributed by atoms with E-state index in [1.165, 1.54) is 0 Å². The zero-order valence-electron chi connectivity index (χ0n) is 5.94. The van der Waals surface area contributed by atoms with Gasteiger partial charge in [-0.25, -0.2) is 0 Å². The molecule has 0 unspecified atom stereocenters. The third-order valence-corrected chi connectivity index (χ3v) is 2.12. The Balaban J connectivity index is -0.000000143. The zero-order valence-corrected chi connectivity index (χ0v) is 12.1. The summed E-state index contributed by atoms with van der Waals surface area (Å²) in [6, 6.07) is 0. The number of rotatable bonds is 2. The van der Waals surface area contributed by atoms with Crippen LogP contribution in [-0.2, 0) is 24.6 Å². The van der Waals surface area contributed by atoms with Crippen molar-refractivity contribution >= 4 is 82.8 Å². The van der Waals surface area contributed by atoms with Gasteiger partial charge in [0, 0.05) is 0 Å². The van der Waals surface area contributed by atoms with Gasteiger partial charge in [0.15, 0.2) is 0 Å². The Bertz CT molecular complexity index is 277. The first-order valence-corrected chi connectivity index (χ1v) is 8.66. The first-order valence-electron chi connectivity index (χ1n) is 1.94. The fraction of sp³-hybridized carbons (Fsp3) is 0. The molecule has 0 bridgehead atoms. The molecule has 0 radical (unpaired) electrons. The molecular weight excluding hydrogens is 286 g/mol. The van der Waals surface area contributed by atoms with Crippen LogP contribution in [-0.4, -0.2) is 91.7 Å². The Morgan fingerprint density at radius 2 is 0.846 bits per heavy atom. The maximum absolute atomic E-state index is 9.17. The molecule has 0 spiro atoms. The van der Waals surface area contributed by atoms with Gasteiger partial charge < -0.3 is 0 Å². The van der Waals surface area contributed by atoms with Crippen molar-refractivity contribution in [1.29, 1.82) is 0 Å². The van der Waals surface area contributed by atoms with E-state index >= 15 is 0 Å². The van der Waals surface area contributed by atoms with Gasteiger partial charge in [0.2, 0.25) is 0 Å². The molecular formula is Al2CaO8S2. The van der Waals surface area contributed by atoms with Crippen molar-refractivity contribution in [3.05, 3.63) is 0 Å². The van der Waals surface area contributed by atoms with Crippen LogP contribution < -0.4 is 0 Å². The van der Waals surface area contributed by atoms with E-state index in [4.69, 9.17) is 33.5 Å². The first-order chi connectivity index (χ1) is 5.12. The monoisotopic (exact) mass is 286 g/mol. The van der Waals surface area contributed by atoms with E-state index in [0.29, 0.717) is 0 Å². The van der Waals surface area contributed by atoms with Crippen LogP contribution in [0.4, 0.5) is 0 Å². The molecule has 68 valence electrons. The molecule has 0 saturated carbocycles. The predicted octanol–water partition coefficient (Wildman–Crippen LogP) is -3.39. The van der Waals surface area contributed by atoms with Gasteiger partial charge in [-0.3, -0.25) is 0 Å².